The van der Waals surface area contributed by atoms with Crippen molar-refractivity contribution in [2.75, 3.05) is 13.0 Å². The Morgan fingerprint density at radius 3 is 2.50 bits per heavy atom. The van der Waals surface area contributed by atoms with E-state index < -0.39 is 0 Å². The summed E-state index contributed by atoms with van der Waals surface area (Å²) in [6.07, 6.45) is 0.972. The zero-order valence-electron chi connectivity index (χ0n) is 11.8. The first-order valence-electron chi connectivity index (χ1n) is 6.40. The smallest absolute Gasteiger partial charge is 0.123 e. The van der Waals surface area contributed by atoms with E-state index in [9.17, 15) is 0 Å². The fourth-order valence-corrected chi connectivity index (χ4v) is 2.25. The molecule has 0 heterocycles. The van der Waals surface area contributed by atoms with Gasteiger partial charge in [-0.2, -0.15) is 0 Å². The molecular weight excluding hydrogens is 246 g/mol. The van der Waals surface area contributed by atoms with Crippen LogP contribution in [-0.4, -0.2) is 19.0 Å². The predicted octanol–water partition coefficient (Wildman–Crippen LogP) is 3.83. The zero-order valence-corrected chi connectivity index (χ0v) is 12.6. The second-order valence-corrected chi connectivity index (χ2v) is 5.97. The van der Waals surface area contributed by atoms with Crippen LogP contribution in [0.3, 0.4) is 0 Å². The molecule has 1 aromatic carbocycles. The van der Waals surface area contributed by atoms with Crippen LogP contribution in [0, 0.1) is 5.41 Å². The van der Waals surface area contributed by atoms with Gasteiger partial charge in [0.15, 0.2) is 0 Å². The first kappa shape index (κ1) is 15.3. The van der Waals surface area contributed by atoms with Gasteiger partial charge in [-0.25, -0.2) is 0 Å². The van der Waals surface area contributed by atoms with E-state index in [1.807, 2.05) is 18.2 Å². The summed E-state index contributed by atoms with van der Waals surface area (Å²) < 4.78 is 5.36. The second kappa shape index (κ2) is 7.01. The van der Waals surface area contributed by atoms with E-state index in [0.717, 1.165) is 18.7 Å². The van der Waals surface area contributed by atoms with Crippen LogP contribution in [0.15, 0.2) is 24.3 Å². The minimum absolute atomic E-state index is 0.205. The van der Waals surface area contributed by atoms with Gasteiger partial charge in [0, 0.05) is 24.0 Å². The fourth-order valence-electron chi connectivity index (χ4n) is 2.03. The molecule has 0 fully saturated rings. The molecule has 2 nitrogen and oxygen atoms in total. The maximum atomic E-state index is 5.88. The monoisotopic (exact) mass is 269 g/mol. The molecule has 0 saturated heterocycles. The third-order valence-corrected chi connectivity index (χ3v) is 3.39. The highest BCUT2D eigenvalue weighted by atomic mass is 35.5. The van der Waals surface area contributed by atoms with Crippen LogP contribution in [-0.2, 0) is 6.54 Å². The van der Waals surface area contributed by atoms with Crippen LogP contribution in [0.5, 0.6) is 5.75 Å². The van der Waals surface area contributed by atoms with Gasteiger partial charge in [-0.1, -0.05) is 39.0 Å². The van der Waals surface area contributed by atoms with Crippen molar-refractivity contribution in [1.82, 2.24) is 5.32 Å². The van der Waals surface area contributed by atoms with Crippen molar-refractivity contribution in [3.8, 4) is 5.75 Å². The van der Waals surface area contributed by atoms with Crippen LogP contribution < -0.4 is 10.1 Å². The summed E-state index contributed by atoms with van der Waals surface area (Å²) in [5.41, 5.74) is 1.39. The van der Waals surface area contributed by atoms with Crippen molar-refractivity contribution in [2.45, 2.75) is 39.8 Å². The van der Waals surface area contributed by atoms with E-state index in [1.165, 1.54) is 5.56 Å². The number of hydrogen-bond acceptors (Lipinski definition) is 2. The molecule has 0 aliphatic rings. The molecule has 0 amide bonds. The average Bonchev–Trinajstić information content (AvgIpc) is 2.33. The molecule has 1 atom stereocenters. The summed E-state index contributed by atoms with van der Waals surface area (Å²) in [5.74, 6) is 1.62. The highest BCUT2D eigenvalue weighted by Crippen LogP contribution is 2.24. The molecule has 0 aliphatic heterocycles. The lowest BCUT2D eigenvalue weighted by Gasteiger charge is -2.31. The Morgan fingerprint density at radius 2 is 1.94 bits per heavy atom. The van der Waals surface area contributed by atoms with Crippen molar-refractivity contribution in [3.63, 3.8) is 0 Å². The molecule has 0 aliphatic carbocycles. The molecule has 0 saturated carbocycles. The Bertz CT molecular complexity index is 360. The highest BCUT2D eigenvalue weighted by molar-refractivity contribution is 6.17. The van der Waals surface area contributed by atoms with Crippen molar-refractivity contribution >= 4 is 11.6 Å². The predicted molar refractivity (Wildman–Crippen MR) is 78.4 cm³/mol. The van der Waals surface area contributed by atoms with Gasteiger partial charge in [-0.05, 0) is 17.9 Å². The highest BCUT2D eigenvalue weighted by Gasteiger charge is 2.23. The van der Waals surface area contributed by atoms with Gasteiger partial charge < -0.3 is 10.1 Å². The normalized spacial score (nSPS) is 13.4. The quantitative estimate of drug-likeness (QED) is 0.793. The number of hydrogen-bond donors (Lipinski definition) is 1. The maximum absolute atomic E-state index is 5.88. The lowest BCUT2D eigenvalue weighted by molar-refractivity contribution is 0.259. The van der Waals surface area contributed by atoms with Gasteiger partial charge in [0.25, 0.3) is 0 Å². The molecular formula is C15H24ClNO. The molecule has 0 bridgehead atoms. The standard InChI is InChI=1S/C15H24ClNO/c1-15(2,3)14(9-10-16)17-11-12-7-5-6-8-13(12)18-4/h5-8,14,17H,9-11H2,1-4H3. The summed E-state index contributed by atoms with van der Waals surface area (Å²) >= 11 is 5.88. The molecule has 1 N–H and O–H groups in total. The van der Waals surface area contributed by atoms with Crippen LogP contribution >= 0.6 is 11.6 Å². The topological polar surface area (TPSA) is 21.3 Å². The lowest BCUT2D eigenvalue weighted by Crippen LogP contribution is -2.40. The summed E-state index contributed by atoms with van der Waals surface area (Å²) in [6.45, 7) is 7.52. The SMILES string of the molecule is COc1ccccc1CNC(CCCl)C(C)(C)C. The van der Waals surface area contributed by atoms with Crippen molar-refractivity contribution in [3.05, 3.63) is 29.8 Å². The number of benzene rings is 1. The molecule has 0 aromatic heterocycles. The molecule has 18 heavy (non-hydrogen) atoms. The maximum Gasteiger partial charge on any atom is 0.123 e. The number of halogens is 1. The first-order chi connectivity index (χ1) is 8.49. The molecule has 3 heteroatoms. The van der Waals surface area contributed by atoms with Gasteiger partial charge in [-0.3, -0.25) is 0 Å². The molecule has 0 radical (unpaired) electrons. The summed E-state index contributed by atoms with van der Waals surface area (Å²) in [4.78, 5) is 0. The van der Waals surface area contributed by atoms with Gasteiger partial charge in [0.2, 0.25) is 0 Å². The summed E-state index contributed by atoms with van der Waals surface area (Å²) in [5, 5.41) is 3.59. The number of methoxy groups -OCH3 is 1. The van der Waals surface area contributed by atoms with E-state index in [1.54, 1.807) is 7.11 Å². The van der Waals surface area contributed by atoms with E-state index in [0.29, 0.717) is 11.9 Å². The Hall–Kier alpha value is -0.730. The number of para-hydroxylation sites is 1. The minimum atomic E-state index is 0.205. The number of nitrogens with one attached hydrogen (secondary N) is 1. The summed E-state index contributed by atoms with van der Waals surface area (Å²) in [7, 11) is 1.71. The third-order valence-electron chi connectivity index (χ3n) is 3.17. The summed E-state index contributed by atoms with van der Waals surface area (Å²) in [6, 6.07) is 8.51. The van der Waals surface area contributed by atoms with Gasteiger partial charge in [0.1, 0.15) is 5.75 Å². The molecule has 0 spiro atoms. The van der Waals surface area contributed by atoms with Gasteiger partial charge in [-0.15, -0.1) is 11.6 Å². The first-order valence-corrected chi connectivity index (χ1v) is 6.93. The number of alkyl halides is 1. The Kier molecular flexibility index (Phi) is 5.97. The fraction of sp³-hybridized carbons (Fsp3) is 0.600. The van der Waals surface area contributed by atoms with E-state index >= 15 is 0 Å². The lowest BCUT2D eigenvalue weighted by atomic mass is 9.85. The molecule has 1 unspecified atom stereocenters. The van der Waals surface area contributed by atoms with E-state index in [2.05, 4.69) is 32.2 Å². The molecule has 102 valence electrons. The minimum Gasteiger partial charge on any atom is -0.496 e. The second-order valence-electron chi connectivity index (χ2n) is 5.59. The number of ether oxygens (including phenoxy) is 1. The van der Waals surface area contributed by atoms with Crippen LogP contribution in [0.4, 0.5) is 0 Å². The van der Waals surface area contributed by atoms with Crippen LogP contribution in [0.25, 0.3) is 0 Å². The third kappa shape index (κ3) is 4.51. The largest absolute Gasteiger partial charge is 0.496 e. The zero-order chi connectivity index (χ0) is 13.6. The van der Waals surface area contributed by atoms with E-state index in [-0.39, 0.29) is 5.41 Å². The average molecular weight is 270 g/mol. The van der Waals surface area contributed by atoms with Gasteiger partial charge in [0.05, 0.1) is 7.11 Å². The van der Waals surface area contributed by atoms with Gasteiger partial charge >= 0.3 is 0 Å². The van der Waals surface area contributed by atoms with Crippen molar-refractivity contribution < 1.29 is 4.74 Å². The molecule has 1 aromatic rings. The Morgan fingerprint density at radius 1 is 1.28 bits per heavy atom. The van der Waals surface area contributed by atoms with Crippen LogP contribution in [0.2, 0.25) is 0 Å². The van der Waals surface area contributed by atoms with Crippen molar-refractivity contribution in [1.29, 1.82) is 0 Å². The van der Waals surface area contributed by atoms with Crippen LogP contribution in [0.1, 0.15) is 32.8 Å². The number of rotatable bonds is 6. The Labute approximate surface area is 116 Å². The van der Waals surface area contributed by atoms with Crippen molar-refractivity contribution in [2.24, 2.45) is 5.41 Å². The van der Waals surface area contributed by atoms with E-state index in [4.69, 9.17) is 16.3 Å². The Balaban J connectivity index is 2.67. The molecule has 1 rings (SSSR count).